The average molecular weight is 332 g/mol. The van der Waals surface area contributed by atoms with Crippen LogP contribution in [0.1, 0.15) is 25.0 Å². The van der Waals surface area contributed by atoms with E-state index in [2.05, 4.69) is 22.0 Å². The molecule has 1 heterocycles. The lowest BCUT2D eigenvalue weighted by atomic mass is 10.1. The number of urea groups is 1. The normalized spacial score (nSPS) is 23.0. The molecule has 2 rings (SSSR count). The predicted molar refractivity (Wildman–Crippen MR) is 89.2 cm³/mol. The molecular weight excluding hydrogens is 308 g/mol. The van der Waals surface area contributed by atoms with Crippen molar-refractivity contribution in [3.8, 4) is 6.07 Å². The molecule has 0 radical (unpaired) electrons. The second kappa shape index (κ2) is 8.64. The van der Waals surface area contributed by atoms with E-state index in [9.17, 15) is 9.90 Å². The molecule has 3 atom stereocenters. The lowest BCUT2D eigenvalue weighted by Crippen LogP contribution is -2.47. The summed E-state index contributed by atoms with van der Waals surface area (Å²) in [6.07, 6.45) is -1.14. The molecular formula is C17H24N4O3. The Labute approximate surface area is 142 Å². The van der Waals surface area contributed by atoms with Crippen molar-refractivity contribution in [2.45, 2.75) is 44.7 Å². The summed E-state index contributed by atoms with van der Waals surface area (Å²) in [5.74, 6) is 0. The van der Waals surface area contributed by atoms with Crippen LogP contribution < -0.4 is 16.0 Å². The molecule has 1 fully saturated rings. The number of carbonyl (C=O) groups excluding carboxylic acids is 1. The van der Waals surface area contributed by atoms with Gasteiger partial charge in [0.1, 0.15) is 6.10 Å². The quantitative estimate of drug-likeness (QED) is 0.606. The van der Waals surface area contributed by atoms with E-state index in [4.69, 9.17) is 10.00 Å². The van der Waals surface area contributed by atoms with Crippen molar-refractivity contribution < 1.29 is 14.6 Å². The summed E-state index contributed by atoms with van der Waals surface area (Å²) in [5.41, 5.74) is 1.58. The lowest BCUT2D eigenvalue weighted by Gasteiger charge is -2.19. The zero-order chi connectivity index (χ0) is 17.5. The largest absolute Gasteiger partial charge is 0.389 e. The SMILES string of the molecule is CC(C)NC(=O)NC[C@H]1OC[C@@H](NCc2cccc(C#N)c2)[C@@H]1O. The lowest BCUT2D eigenvalue weighted by molar-refractivity contribution is 0.0425. The molecule has 0 spiro atoms. The second-order valence-corrected chi connectivity index (χ2v) is 6.17. The Kier molecular flexibility index (Phi) is 6.55. The van der Waals surface area contributed by atoms with Gasteiger partial charge < -0.3 is 25.8 Å². The van der Waals surface area contributed by atoms with E-state index in [1.807, 2.05) is 32.0 Å². The molecule has 24 heavy (non-hydrogen) atoms. The maximum Gasteiger partial charge on any atom is 0.315 e. The third-order valence-corrected chi connectivity index (χ3v) is 3.79. The number of nitrogens with zero attached hydrogens (tertiary/aromatic N) is 1. The third-order valence-electron chi connectivity index (χ3n) is 3.79. The molecule has 1 aromatic rings. The van der Waals surface area contributed by atoms with Gasteiger partial charge in [-0.2, -0.15) is 5.26 Å². The minimum atomic E-state index is -0.705. The summed E-state index contributed by atoms with van der Waals surface area (Å²) in [6, 6.07) is 8.99. The highest BCUT2D eigenvalue weighted by atomic mass is 16.5. The summed E-state index contributed by atoms with van der Waals surface area (Å²) in [5, 5.41) is 27.9. The van der Waals surface area contributed by atoms with Crippen molar-refractivity contribution in [3.63, 3.8) is 0 Å². The maximum atomic E-state index is 11.6. The highest BCUT2D eigenvalue weighted by Gasteiger charge is 2.35. The summed E-state index contributed by atoms with van der Waals surface area (Å²) in [6.45, 7) is 4.91. The molecule has 0 aliphatic carbocycles. The van der Waals surface area contributed by atoms with Crippen LogP contribution >= 0.6 is 0 Å². The molecule has 7 heteroatoms. The fraction of sp³-hybridized carbons (Fsp3) is 0.529. The van der Waals surface area contributed by atoms with Crippen molar-refractivity contribution in [1.29, 1.82) is 5.26 Å². The number of nitrogens with one attached hydrogen (secondary N) is 3. The number of benzene rings is 1. The van der Waals surface area contributed by atoms with Crippen LogP contribution in [0.3, 0.4) is 0 Å². The van der Waals surface area contributed by atoms with Crippen LogP contribution in [-0.4, -0.2) is 48.6 Å². The molecule has 1 aliphatic heterocycles. The zero-order valence-corrected chi connectivity index (χ0v) is 14.0. The molecule has 0 bridgehead atoms. The van der Waals surface area contributed by atoms with Gasteiger partial charge in [0, 0.05) is 19.1 Å². The number of hydrogen-bond donors (Lipinski definition) is 4. The standard InChI is InChI=1S/C17H24N4O3/c1-11(2)21-17(23)20-9-15-16(22)14(10-24-15)19-8-13-5-3-4-12(6-13)7-18/h3-6,11,14-16,19,22H,8-10H2,1-2H3,(H2,20,21,23)/t14-,15-,16+/m1/s1. The molecule has 7 nitrogen and oxygen atoms in total. The van der Waals surface area contributed by atoms with Gasteiger partial charge >= 0.3 is 6.03 Å². The number of nitriles is 1. The summed E-state index contributed by atoms with van der Waals surface area (Å²) >= 11 is 0. The molecule has 0 saturated carbocycles. The summed E-state index contributed by atoms with van der Waals surface area (Å²) < 4.78 is 5.56. The summed E-state index contributed by atoms with van der Waals surface area (Å²) in [4.78, 5) is 11.6. The van der Waals surface area contributed by atoms with Crippen LogP contribution in [0.2, 0.25) is 0 Å². The van der Waals surface area contributed by atoms with E-state index < -0.39 is 12.2 Å². The van der Waals surface area contributed by atoms with Crippen LogP contribution in [0.25, 0.3) is 0 Å². The van der Waals surface area contributed by atoms with E-state index in [0.717, 1.165) is 5.56 Å². The van der Waals surface area contributed by atoms with Gasteiger partial charge in [-0.3, -0.25) is 0 Å². The Morgan fingerprint density at radius 1 is 1.50 bits per heavy atom. The predicted octanol–water partition coefficient (Wildman–Crippen LogP) is 0.484. The first-order valence-electron chi connectivity index (χ1n) is 8.06. The number of rotatable bonds is 6. The average Bonchev–Trinajstić information content (AvgIpc) is 2.91. The van der Waals surface area contributed by atoms with Crippen LogP contribution in [0, 0.1) is 11.3 Å². The minimum absolute atomic E-state index is 0.0537. The first-order chi connectivity index (χ1) is 11.5. The smallest absolute Gasteiger partial charge is 0.315 e. The number of hydrogen-bond acceptors (Lipinski definition) is 5. The first kappa shape index (κ1) is 18.2. The topological polar surface area (TPSA) is 106 Å². The Bertz CT molecular complexity index is 600. The molecule has 1 aromatic carbocycles. The molecule has 130 valence electrons. The minimum Gasteiger partial charge on any atom is -0.389 e. The summed E-state index contributed by atoms with van der Waals surface area (Å²) in [7, 11) is 0. The molecule has 0 aromatic heterocycles. The Hall–Kier alpha value is -2.14. The van der Waals surface area contributed by atoms with E-state index in [1.165, 1.54) is 0 Å². The Morgan fingerprint density at radius 3 is 3.00 bits per heavy atom. The first-order valence-corrected chi connectivity index (χ1v) is 8.06. The van der Waals surface area contributed by atoms with E-state index in [1.54, 1.807) is 6.07 Å². The van der Waals surface area contributed by atoms with Crippen molar-refractivity contribution in [2.75, 3.05) is 13.2 Å². The van der Waals surface area contributed by atoms with Crippen LogP contribution in [0.4, 0.5) is 4.79 Å². The van der Waals surface area contributed by atoms with E-state index in [0.29, 0.717) is 18.7 Å². The zero-order valence-electron chi connectivity index (χ0n) is 14.0. The second-order valence-electron chi connectivity index (χ2n) is 6.17. The van der Waals surface area contributed by atoms with Crippen molar-refractivity contribution in [3.05, 3.63) is 35.4 Å². The van der Waals surface area contributed by atoms with Gasteiger partial charge in [0.2, 0.25) is 0 Å². The van der Waals surface area contributed by atoms with Gasteiger partial charge in [-0.25, -0.2) is 4.79 Å². The Balaban J connectivity index is 1.78. The van der Waals surface area contributed by atoms with Gasteiger partial charge in [-0.15, -0.1) is 0 Å². The molecule has 0 unspecified atom stereocenters. The fourth-order valence-corrected chi connectivity index (χ4v) is 2.55. The highest BCUT2D eigenvalue weighted by molar-refractivity contribution is 5.74. The van der Waals surface area contributed by atoms with Crippen molar-refractivity contribution >= 4 is 6.03 Å². The fourth-order valence-electron chi connectivity index (χ4n) is 2.55. The van der Waals surface area contributed by atoms with Gasteiger partial charge in [0.05, 0.1) is 30.4 Å². The van der Waals surface area contributed by atoms with Gasteiger partial charge in [-0.1, -0.05) is 12.1 Å². The third kappa shape index (κ3) is 5.20. The number of aliphatic hydroxyl groups excluding tert-OH is 1. The molecule has 2 amide bonds. The number of ether oxygens (including phenoxy) is 1. The monoisotopic (exact) mass is 332 g/mol. The molecule has 1 saturated heterocycles. The maximum absolute atomic E-state index is 11.6. The molecule has 4 N–H and O–H groups in total. The Morgan fingerprint density at radius 2 is 2.29 bits per heavy atom. The number of aliphatic hydroxyl groups is 1. The van der Waals surface area contributed by atoms with Crippen LogP contribution in [0.15, 0.2) is 24.3 Å². The van der Waals surface area contributed by atoms with E-state index >= 15 is 0 Å². The number of amides is 2. The van der Waals surface area contributed by atoms with Crippen molar-refractivity contribution in [2.24, 2.45) is 0 Å². The van der Waals surface area contributed by atoms with Crippen molar-refractivity contribution in [1.82, 2.24) is 16.0 Å². The molecule has 1 aliphatic rings. The number of carbonyl (C=O) groups is 1. The van der Waals surface area contributed by atoms with Gasteiger partial charge in [0.25, 0.3) is 0 Å². The van der Waals surface area contributed by atoms with Gasteiger partial charge in [-0.05, 0) is 31.5 Å². The van der Waals surface area contributed by atoms with E-state index in [-0.39, 0.29) is 24.7 Å². The van der Waals surface area contributed by atoms with Crippen LogP contribution in [0.5, 0.6) is 0 Å². The van der Waals surface area contributed by atoms with Gasteiger partial charge in [0.15, 0.2) is 0 Å². The highest BCUT2D eigenvalue weighted by Crippen LogP contribution is 2.15. The van der Waals surface area contributed by atoms with Crippen LogP contribution in [-0.2, 0) is 11.3 Å².